The summed E-state index contributed by atoms with van der Waals surface area (Å²) in [5.41, 5.74) is 1.05. The fourth-order valence-corrected chi connectivity index (χ4v) is 4.69. The number of aryl methyl sites for hydroxylation is 2. The summed E-state index contributed by atoms with van der Waals surface area (Å²) in [6.45, 7) is 9.33. The number of carbonyl (C=O) groups excluding carboxylic acids is 1. The third kappa shape index (κ3) is 5.99. The lowest BCUT2D eigenvalue weighted by atomic mass is 9.91. The molecule has 4 rings (SSSR count). The van der Waals surface area contributed by atoms with Crippen LogP contribution >= 0.6 is 0 Å². The summed E-state index contributed by atoms with van der Waals surface area (Å²) < 4.78 is 55.6. The summed E-state index contributed by atoms with van der Waals surface area (Å²) >= 11 is 0. The molecule has 0 aromatic carbocycles. The Morgan fingerprint density at radius 3 is 2.44 bits per heavy atom. The highest BCUT2D eigenvalue weighted by molar-refractivity contribution is 5.87. The van der Waals surface area contributed by atoms with Crippen LogP contribution in [0.2, 0.25) is 0 Å². The van der Waals surface area contributed by atoms with Gasteiger partial charge in [0, 0.05) is 43.7 Å². The van der Waals surface area contributed by atoms with Crippen molar-refractivity contribution < 1.29 is 27.4 Å². The highest BCUT2D eigenvalue weighted by atomic mass is 19.3. The van der Waals surface area contributed by atoms with E-state index in [1.54, 1.807) is 26.8 Å². The molecule has 11 heteroatoms. The molecule has 1 aliphatic carbocycles. The first-order valence-electron chi connectivity index (χ1n) is 12.4. The zero-order chi connectivity index (χ0) is 26.3. The van der Waals surface area contributed by atoms with Crippen molar-refractivity contribution in [3.8, 4) is 5.95 Å². The van der Waals surface area contributed by atoms with Gasteiger partial charge in [-0.15, -0.1) is 0 Å². The van der Waals surface area contributed by atoms with Crippen molar-refractivity contribution in [1.82, 2.24) is 19.7 Å². The quantitative estimate of drug-likeness (QED) is 0.546. The first-order chi connectivity index (χ1) is 16.8. The van der Waals surface area contributed by atoms with E-state index in [0.29, 0.717) is 12.3 Å². The molecule has 36 heavy (non-hydrogen) atoms. The molecule has 2 atom stereocenters. The molecule has 3 heterocycles. The molecule has 2 aromatic rings. The minimum absolute atomic E-state index is 0.0824. The summed E-state index contributed by atoms with van der Waals surface area (Å²) in [5.74, 6) is -3.10. The van der Waals surface area contributed by atoms with Crippen molar-refractivity contribution in [3.63, 3.8) is 0 Å². The highest BCUT2D eigenvalue weighted by Gasteiger charge is 2.41. The molecule has 8 nitrogen and oxygen atoms in total. The molecule has 2 aromatic heterocycles. The summed E-state index contributed by atoms with van der Waals surface area (Å²) in [6.07, 6.45) is -2.17. The summed E-state index contributed by atoms with van der Waals surface area (Å²) in [5, 5.41) is 4.45. The van der Waals surface area contributed by atoms with Crippen molar-refractivity contribution in [2.24, 2.45) is 0 Å². The topological polar surface area (TPSA) is 82.4 Å². The maximum absolute atomic E-state index is 15.0. The van der Waals surface area contributed by atoms with Crippen molar-refractivity contribution in [3.05, 3.63) is 29.2 Å². The molecule has 2 aliphatic rings. The van der Waals surface area contributed by atoms with Gasteiger partial charge in [-0.3, -0.25) is 4.90 Å². The van der Waals surface area contributed by atoms with Gasteiger partial charge in [-0.1, -0.05) is 0 Å². The van der Waals surface area contributed by atoms with Crippen LogP contribution < -0.4 is 4.90 Å². The van der Waals surface area contributed by atoms with Crippen LogP contribution in [-0.4, -0.2) is 62.8 Å². The third-order valence-corrected chi connectivity index (χ3v) is 6.46. The van der Waals surface area contributed by atoms with Crippen molar-refractivity contribution >= 4 is 11.9 Å². The van der Waals surface area contributed by atoms with Crippen LogP contribution in [0.3, 0.4) is 0 Å². The van der Waals surface area contributed by atoms with E-state index in [4.69, 9.17) is 9.47 Å². The van der Waals surface area contributed by atoms with Gasteiger partial charge in [0.1, 0.15) is 17.6 Å². The number of rotatable bonds is 4. The van der Waals surface area contributed by atoms with Gasteiger partial charge in [-0.2, -0.15) is 10.1 Å². The zero-order valence-corrected chi connectivity index (χ0v) is 21.4. The Kier molecular flexibility index (Phi) is 7.32. The second-order valence-corrected chi connectivity index (χ2v) is 10.7. The number of nitrogens with zero attached hydrogens (tertiary/aromatic N) is 5. The van der Waals surface area contributed by atoms with Gasteiger partial charge in [-0.25, -0.2) is 27.6 Å². The smallest absolute Gasteiger partial charge is 0.416 e. The standard InChI is InChI=1S/C25H34F3N5O3/c1-15-12-16(2)33(31-15)22-29-20(18-14-35-11-8-19(18)26)13-21(30-22)32(23(34)36-24(3,4)5)17-6-9-25(27,28)10-7-17/h12-13,17-19H,6-11,14H2,1-5H3/t18-,19+/m0/s1. The maximum atomic E-state index is 15.0. The van der Waals surface area contributed by atoms with Gasteiger partial charge in [0.15, 0.2) is 0 Å². The molecule has 2 fully saturated rings. The number of alkyl halides is 3. The Balaban J connectivity index is 1.82. The Morgan fingerprint density at radius 1 is 1.17 bits per heavy atom. The van der Waals surface area contributed by atoms with E-state index < -0.39 is 35.7 Å². The molecule has 0 bridgehead atoms. The van der Waals surface area contributed by atoms with Gasteiger partial charge in [0.2, 0.25) is 5.92 Å². The average molecular weight is 510 g/mol. The van der Waals surface area contributed by atoms with Crippen LogP contribution in [0.25, 0.3) is 5.95 Å². The monoisotopic (exact) mass is 509 g/mol. The lowest BCUT2D eigenvalue weighted by Gasteiger charge is -2.37. The van der Waals surface area contributed by atoms with Crippen LogP contribution in [0, 0.1) is 13.8 Å². The van der Waals surface area contributed by atoms with Gasteiger partial charge in [0.05, 0.1) is 23.9 Å². The molecule has 1 saturated carbocycles. The summed E-state index contributed by atoms with van der Waals surface area (Å²) in [4.78, 5) is 24.0. The summed E-state index contributed by atoms with van der Waals surface area (Å²) in [7, 11) is 0. The van der Waals surface area contributed by atoms with Crippen molar-refractivity contribution in [1.29, 1.82) is 0 Å². The van der Waals surface area contributed by atoms with Crippen molar-refractivity contribution in [2.45, 2.75) is 96.4 Å². The molecule has 1 aliphatic heterocycles. The van der Waals surface area contributed by atoms with Crippen LogP contribution in [0.15, 0.2) is 12.1 Å². The number of ether oxygens (including phenoxy) is 2. The Labute approximate surface area is 209 Å². The fraction of sp³-hybridized carbons (Fsp3) is 0.680. The average Bonchev–Trinajstić information content (AvgIpc) is 3.12. The molecule has 0 N–H and O–H groups in total. The minimum Gasteiger partial charge on any atom is -0.443 e. The Bertz CT molecular complexity index is 1090. The van der Waals surface area contributed by atoms with E-state index in [9.17, 15) is 18.0 Å². The maximum Gasteiger partial charge on any atom is 0.416 e. The van der Waals surface area contributed by atoms with E-state index in [1.165, 1.54) is 9.58 Å². The Hall–Kier alpha value is -2.69. The molecule has 0 unspecified atom stereocenters. The van der Waals surface area contributed by atoms with E-state index in [2.05, 4.69) is 15.1 Å². The lowest BCUT2D eigenvalue weighted by molar-refractivity contribution is -0.0388. The largest absolute Gasteiger partial charge is 0.443 e. The second-order valence-electron chi connectivity index (χ2n) is 10.7. The first-order valence-corrected chi connectivity index (χ1v) is 12.4. The molecule has 1 saturated heterocycles. The van der Waals surface area contributed by atoms with Gasteiger partial charge in [0.25, 0.3) is 5.95 Å². The van der Waals surface area contributed by atoms with Crippen molar-refractivity contribution in [2.75, 3.05) is 18.1 Å². The van der Waals surface area contributed by atoms with Crippen LogP contribution in [-0.2, 0) is 9.47 Å². The third-order valence-electron chi connectivity index (χ3n) is 6.46. The lowest BCUT2D eigenvalue weighted by Crippen LogP contribution is -2.47. The number of aromatic nitrogens is 4. The SMILES string of the molecule is Cc1cc(C)n(-c2nc([C@H]3COCC[C@H]3F)cc(N(C(=O)OC(C)(C)C)C3CCC(F)(F)CC3)n2)n1. The van der Waals surface area contributed by atoms with E-state index in [0.717, 1.165) is 11.4 Å². The number of carbonyl (C=O) groups is 1. The molecular weight excluding hydrogens is 475 g/mol. The number of hydrogen-bond acceptors (Lipinski definition) is 6. The number of halogens is 3. The van der Waals surface area contributed by atoms with Gasteiger partial charge in [-0.05, 0) is 53.5 Å². The number of amides is 1. The minimum atomic E-state index is -2.78. The van der Waals surface area contributed by atoms with E-state index in [1.807, 2.05) is 19.9 Å². The molecular formula is C25H34F3N5O3. The number of hydrogen-bond donors (Lipinski definition) is 0. The predicted molar refractivity (Wildman–Crippen MR) is 128 cm³/mol. The van der Waals surface area contributed by atoms with Gasteiger partial charge >= 0.3 is 6.09 Å². The normalized spacial score (nSPS) is 22.9. The predicted octanol–water partition coefficient (Wildman–Crippen LogP) is 5.44. The summed E-state index contributed by atoms with van der Waals surface area (Å²) in [6, 6.07) is 2.85. The van der Waals surface area contributed by atoms with Gasteiger partial charge < -0.3 is 9.47 Å². The number of anilines is 1. The fourth-order valence-electron chi connectivity index (χ4n) is 4.69. The van der Waals surface area contributed by atoms with Crippen LogP contribution in [0.1, 0.15) is 75.9 Å². The zero-order valence-electron chi connectivity index (χ0n) is 21.4. The molecule has 0 radical (unpaired) electrons. The van der Waals surface area contributed by atoms with E-state index >= 15 is 0 Å². The van der Waals surface area contributed by atoms with E-state index in [-0.39, 0.29) is 50.5 Å². The molecule has 1 amide bonds. The first kappa shape index (κ1) is 26.4. The molecule has 0 spiro atoms. The highest BCUT2D eigenvalue weighted by Crippen LogP contribution is 2.38. The Morgan fingerprint density at radius 2 is 1.86 bits per heavy atom. The second kappa shape index (κ2) is 9.99. The van der Waals surface area contributed by atoms with Crippen LogP contribution in [0.4, 0.5) is 23.8 Å². The van der Waals surface area contributed by atoms with Crippen LogP contribution in [0.5, 0.6) is 0 Å². The molecule has 198 valence electrons.